The molecule has 2 N–H and O–H groups in total. The number of nitrogens with one attached hydrogen (secondary N) is 1. The number of carbonyl (C=O) groups is 5. The van der Waals surface area contributed by atoms with Gasteiger partial charge in [0, 0.05) is 25.2 Å². The maximum Gasteiger partial charge on any atom is 0.490 e. The number of methoxy groups -OCH3 is 1. The minimum Gasteiger partial charge on any atom is -0.475 e. The summed E-state index contributed by atoms with van der Waals surface area (Å²) >= 11 is 0. The highest BCUT2D eigenvalue weighted by molar-refractivity contribution is 6.09. The van der Waals surface area contributed by atoms with Gasteiger partial charge in [-0.25, -0.2) is 9.18 Å². The molecule has 0 bridgehead atoms. The Kier molecular flexibility index (Phi) is 9.71. The van der Waals surface area contributed by atoms with Crippen molar-refractivity contribution >= 4 is 29.7 Å². The van der Waals surface area contributed by atoms with Gasteiger partial charge in [-0.15, -0.1) is 0 Å². The van der Waals surface area contributed by atoms with Crippen LogP contribution in [0.2, 0.25) is 0 Å². The van der Waals surface area contributed by atoms with Gasteiger partial charge in [0.1, 0.15) is 11.4 Å². The number of benzene rings is 2. The normalized spacial score (nSPS) is 23.1. The van der Waals surface area contributed by atoms with Crippen molar-refractivity contribution < 1.29 is 51.4 Å². The molecule has 0 spiro atoms. The Morgan fingerprint density at radius 1 is 1.05 bits per heavy atom. The van der Waals surface area contributed by atoms with Crippen LogP contribution >= 0.6 is 0 Å². The maximum atomic E-state index is 13.6. The predicted molar refractivity (Wildman–Crippen MR) is 138 cm³/mol. The van der Waals surface area contributed by atoms with E-state index < -0.39 is 53.3 Å². The molecule has 2 aliphatic rings. The first kappa shape index (κ1) is 32.2. The molecule has 42 heavy (non-hydrogen) atoms. The van der Waals surface area contributed by atoms with Gasteiger partial charge < -0.3 is 14.7 Å². The van der Waals surface area contributed by atoms with E-state index >= 15 is 0 Å². The number of halogens is 4. The van der Waals surface area contributed by atoms with Crippen molar-refractivity contribution in [3.8, 4) is 0 Å². The predicted octanol–water partition coefficient (Wildman–Crippen LogP) is 2.63. The molecule has 2 heterocycles. The van der Waals surface area contributed by atoms with E-state index in [-0.39, 0.29) is 36.9 Å². The standard InChI is InChI=1S/C26H28FN3O5.C2HF3O2/c1-4-26(25(34)35-3)21-20(23(32)30(24(21)33)14-16-8-6-5-7-9-16)19(28-26)15-29(2)22(31)17-10-12-18(27)13-11-17;3-2(4,5)1(6)7/h5-13,19-21,28H,4,14-15H2,1-3H3;(H,6,7)/t19-,20+,21-,26-;/m1./s1. The number of hydrogen-bond acceptors (Lipinski definition) is 7. The smallest absolute Gasteiger partial charge is 0.475 e. The lowest BCUT2D eigenvalue weighted by atomic mass is 9.78. The van der Waals surface area contributed by atoms with Gasteiger partial charge in [-0.2, -0.15) is 13.2 Å². The molecule has 2 aromatic rings. The molecule has 2 fully saturated rings. The molecule has 4 atom stereocenters. The van der Waals surface area contributed by atoms with E-state index in [0.29, 0.717) is 0 Å². The van der Waals surface area contributed by atoms with Crippen molar-refractivity contribution in [1.29, 1.82) is 0 Å². The zero-order valence-corrected chi connectivity index (χ0v) is 22.9. The number of likely N-dealkylation sites (tertiary alicyclic amines) is 1. The van der Waals surface area contributed by atoms with Crippen LogP contribution < -0.4 is 5.32 Å². The third-order valence-corrected chi connectivity index (χ3v) is 7.29. The summed E-state index contributed by atoms with van der Waals surface area (Å²) < 4.78 is 50.1. The molecule has 0 aromatic heterocycles. The summed E-state index contributed by atoms with van der Waals surface area (Å²) in [5, 5.41) is 10.3. The van der Waals surface area contributed by atoms with Crippen molar-refractivity contribution in [2.45, 2.75) is 37.6 Å². The number of amides is 3. The summed E-state index contributed by atoms with van der Waals surface area (Å²) in [4.78, 5) is 64.5. The lowest BCUT2D eigenvalue weighted by Crippen LogP contribution is -2.58. The number of hydrogen-bond donors (Lipinski definition) is 2. The van der Waals surface area contributed by atoms with Crippen LogP contribution in [0.25, 0.3) is 0 Å². The van der Waals surface area contributed by atoms with Gasteiger partial charge in [-0.1, -0.05) is 37.3 Å². The largest absolute Gasteiger partial charge is 0.490 e. The van der Waals surface area contributed by atoms with E-state index in [1.807, 2.05) is 30.3 Å². The third kappa shape index (κ3) is 6.43. The first-order valence-electron chi connectivity index (χ1n) is 12.7. The number of alkyl halides is 3. The van der Waals surface area contributed by atoms with Crippen LogP contribution in [0.3, 0.4) is 0 Å². The highest BCUT2D eigenvalue weighted by Crippen LogP contribution is 2.45. The van der Waals surface area contributed by atoms with Gasteiger partial charge in [0.2, 0.25) is 11.8 Å². The first-order valence-corrected chi connectivity index (χ1v) is 12.7. The van der Waals surface area contributed by atoms with Crippen LogP contribution in [-0.4, -0.2) is 83.0 Å². The molecule has 10 nitrogen and oxygen atoms in total. The maximum absolute atomic E-state index is 13.6. The summed E-state index contributed by atoms with van der Waals surface area (Å²) in [5.41, 5.74) is -0.303. The summed E-state index contributed by atoms with van der Waals surface area (Å²) in [7, 11) is 2.81. The molecule has 2 saturated heterocycles. The Morgan fingerprint density at radius 2 is 1.62 bits per heavy atom. The quantitative estimate of drug-likeness (QED) is 0.284. The highest BCUT2D eigenvalue weighted by atomic mass is 19.4. The summed E-state index contributed by atoms with van der Waals surface area (Å²) in [6.45, 7) is 1.92. The average Bonchev–Trinajstić information content (AvgIpc) is 3.42. The Morgan fingerprint density at radius 3 is 2.12 bits per heavy atom. The van der Waals surface area contributed by atoms with E-state index in [2.05, 4.69) is 5.32 Å². The summed E-state index contributed by atoms with van der Waals surface area (Å²) in [5.74, 6) is -6.80. The zero-order valence-electron chi connectivity index (χ0n) is 22.9. The minimum atomic E-state index is -5.08. The molecule has 3 amide bonds. The number of ether oxygens (including phenoxy) is 1. The molecule has 14 heteroatoms. The summed E-state index contributed by atoms with van der Waals surface area (Å²) in [6.07, 6.45) is -4.86. The Labute approximate surface area is 238 Å². The molecule has 0 aliphatic carbocycles. The van der Waals surface area contributed by atoms with E-state index in [0.717, 1.165) is 5.56 Å². The molecule has 2 aromatic carbocycles. The van der Waals surface area contributed by atoms with Gasteiger partial charge in [0.15, 0.2) is 0 Å². The second-order valence-electron chi connectivity index (χ2n) is 9.81. The van der Waals surface area contributed by atoms with E-state index in [4.69, 9.17) is 14.6 Å². The van der Waals surface area contributed by atoms with Crippen molar-refractivity contribution in [1.82, 2.24) is 15.1 Å². The molecule has 0 saturated carbocycles. The molecular weight excluding hydrogens is 566 g/mol. The van der Waals surface area contributed by atoms with Crippen LogP contribution in [0.4, 0.5) is 17.6 Å². The molecule has 2 aliphatic heterocycles. The molecule has 0 radical (unpaired) electrons. The Hall–Kier alpha value is -4.33. The lowest BCUT2D eigenvalue weighted by Gasteiger charge is -2.32. The minimum absolute atomic E-state index is 0.0638. The number of esters is 1. The van der Waals surface area contributed by atoms with Crippen LogP contribution in [0.15, 0.2) is 54.6 Å². The second kappa shape index (κ2) is 12.7. The number of nitrogens with zero attached hydrogens (tertiary/aromatic N) is 2. The number of rotatable bonds is 7. The van der Waals surface area contributed by atoms with Gasteiger partial charge in [-0.3, -0.25) is 29.4 Å². The van der Waals surface area contributed by atoms with Gasteiger partial charge in [0.25, 0.3) is 5.91 Å². The average molecular weight is 596 g/mol. The van der Waals surface area contributed by atoms with E-state index in [1.54, 1.807) is 14.0 Å². The van der Waals surface area contributed by atoms with Crippen LogP contribution in [-0.2, 0) is 30.5 Å². The SMILES string of the molecule is CC[C@@]1(C(=O)OC)N[C@H](CN(C)C(=O)c2ccc(F)cc2)[C@@H]2C(=O)N(Cc3ccccc3)C(=O)[C@@H]21.O=C(O)C(F)(F)F. The van der Waals surface area contributed by atoms with Crippen molar-refractivity contribution in [2.75, 3.05) is 20.7 Å². The van der Waals surface area contributed by atoms with Gasteiger partial charge in [-0.05, 0) is 36.2 Å². The lowest BCUT2D eigenvalue weighted by molar-refractivity contribution is -0.192. The number of carbonyl (C=O) groups excluding carboxylic acids is 4. The Balaban J connectivity index is 0.000000616. The number of fused-ring (bicyclic) bond motifs is 1. The topological polar surface area (TPSA) is 133 Å². The number of likely N-dealkylation sites (N-methyl/N-ethyl adjacent to an activating group) is 1. The highest BCUT2D eigenvalue weighted by Gasteiger charge is 2.67. The van der Waals surface area contributed by atoms with Crippen molar-refractivity contribution in [3.63, 3.8) is 0 Å². The second-order valence-corrected chi connectivity index (χ2v) is 9.81. The fraction of sp³-hybridized carbons (Fsp3) is 0.393. The van der Waals surface area contributed by atoms with Crippen LogP contribution in [0.1, 0.15) is 29.3 Å². The van der Waals surface area contributed by atoms with E-state index in [1.165, 1.54) is 41.2 Å². The number of carboxylic acid groups (broad SMARTS) is 1. The Bertz CT molecular complexity index is 1340. The third-order valence-electron chi connectivity index (χ3n) is 7.29. The molecule has 226 valence electrons. The number of aliphatic carboxylic acids is 1. The van der Waals surface area contributed by atoms with Gasteiger partial charge in [0.05, 0.1) is 25.5 Å². The monoisotopic (exact) mass is 595 g/mol. The number of carboxylic acids is 1. The fourth-order valence-corrected chi connectivity index (χ4v) is 5.29. The van der Waals surface area contributed by atoms with Crippen molar-refractivity contribution in [2.24, 2.45) is 11.8 Å². The zero-order chi connectivity index (χ0) is 31.4. The fourth-order valence-electron chi connectivity index (χ4n) is 5.29. The van der Waals surface area contributed by atoms with Crippen molar-refractivity contribution in [3.05, 3.63) is 71.5 Å². The molecule has 4 rings (SSSR count). The molecule has 0 unspecified atom stereocenters. The number of imide groups is 1. The van der Waals surface area contributed by atoms with Crippen LogP contribution in [0.5, 0.6) is 0 Å². The van der Waals surface area contributed by atoms with Gasteiger partial charge >= 0.3 is 18.1 Å². The first-order chi connectivity index (χ1) is 19.7. The van der Waals surface area contributed by atoms with Crippen LogP contribution in [0, 0.1) is 17.7 Å². The molecular formula is C28H29F4N3O7. The summed E-state index contributed by atoms with van der Waals surface area (Å²) in [6, 6.07) is 13.7. The van der Waals surface area contributed by atoms with E-state index in [9.17, 15) is 36.7 Å².